The molecule has 1 saturated heterocycles. The Labute approximate surface area is 161 Å². The molecule has 0 atom stereocenters. The number of aromatic nitrogens is 1. The molecule has 0 aliphatic carbocycles. The number of hydrogen-bond acceptors (Lipinski definition) is 2. The van der Waals surface area contributed by atoms with E-state index in [-0.39, 0.29) is 0 Å². The molecule has 1 aromatic carbocycles. The van der Waals surface area contributed by atoms with Crippen LogP contribution in [0, 0.1) is 0 Å². The third kappa shape index (κ3) is 5.49. The van der Waals surface area contributed by atoms with Crippen LogP contribution in [-0.4, -0.2) is 54.1 Å². The van der Waals surface area contributed by atoms with Gasteiger partial charge in [-0.3, -0.25) is 9.79 Å². The van der Waals surface area contributed by atoms with E-state index >= 15 is 0 Å². The molecule has 146 valence electrons. The van der Waals surface area contributed by atoms with Gasteiger partial charge in [0, 0.05) is 57.4 Å². The molecule has 1 amide bonds. The molecule has 1 aliphatic rings. The summed E-state index contributed by atoms with van der Waals surface area (Å²) >= 11 is 0. The van der Waals surface area contributed by atoms with Crippen molar-refractivity contribution in [2.45, 2.75) is 39.2 Å². The van der Waals surface area contributed by atoms with Gasteiger partial charge in [-0.05, 0) is 43.7 Å². The molecule has 0 radical (unpaired) electrons. The van der Waals surface area contributed by atoms with Crippen LogP contribution in [0.15, 0.2) is 41.5 Å². The normalized spacial score (nSPS) is 14.9. The molecule has 1 aliphatic heterocycles. The van der Waals surface area contributed by atoms with Crippen molar-refractivity contribution in [3.8, 4) is 0 Å². The van der Waals surface area contributed by atoms with Crippen molar-refractivity contribution in [1.82, 2.24) is 20.1 Å². The van der Waals surface area contributed by atoms with Crippen molar-refractivity contribution < 1.29 is 4.79 Å². The van der Waals surface area contributed by atoms with E-state index in [0.29, 0.717) is 12.3 Å². The Morgan fingerprint density at radius 3 is 2.85 bits per heavy atom. The zero-order valence-electron chi connectivity index (χ0n) is 16.3. The number of nitrogens with one attached hydrogen (secondary N) is 2. The van der Waals surface area contributed by atoms with Crippen molar-refractivity contribution in [2.24, 2.45) is 4.99 Å². The molecule has 6 heteroatoms. The van der Waals surface area contributed by atoms with Gasteiger partial charge < -0.3 is 20.1 Å². The maximum absolute atomic E-state index is 11.6. The fourth-order valence-corrected chi connectivity index (χ4v) is 3.53. The van der Waals surface area contributed by atoms with Crippen LogP contribution in [0.4, 0.5) is 0 Å². The van der Waals surface area contributed by atoms with Crippen LogP contribution in [-0.2, 0) is 11.3 Å². The van der Waals surface area contributed by atoms with Crippen molar-refractivity contribution in [3.05, 3.63) is 36.5 Å². The number of aryl methyl sites for hydroxylation is 1. The molecule has 0 bridgehead atoms. The molecular formula is C21H31N5O. The van der Waals surface area contributed by atoms with E-state index in [0.717, 1.165) is 64.5 Å². The predicted molar refractivity (Wildman–Crippen MR) is 111 cm³/mol. The van der Waals surface area contributed by atoms with Crippen LogP contribution in [0.1, 0.15) is 32.6 Å². The quantitative estimate of drug-likeness (QED) is 0.406. The van der Waals surface area contributed by atoms with Gasteiger partial charge in [0.15, 0.2) is 5.96 Å². The summed E-state index contributed by atoms with van der Waals surface area (Å²) in [5.74, 6) is 1.16. The largest absolute Gasteiger partial charge is 0.357 e. The number of hydrogen-bond donors (Lipinski definition) is 2. The number of aliphatic imine (C=N–C) groups is 1. The highest BCUT2D eigenvalue weighted by atomic mass is 16.2. The first kappa shape index (κ1) is 19.3. The number of para-hydroxylation sites is 1. The molecule has 2 heterocycles. The minimum absolute atomic E-state index is 0.293. The molecule has 0 saturated carbocycles. The first-order chi connectivity index (χ1) is 13.3. The van der Waals surface area contributed by atoms with Gasteiger partial charge >= 0.3 is 0 Å². The van der Waals surface area contributed by atoms with Crippen LogP contribution in [0.5, 0.6) is 0 Å². The Hall–Kier alpha value is -2.50. The third-order valence-corrected chi connectivity index (χ3v) is 4.92. The Morgan fingerprint density at radius 2 is 2.04 bits per heavy atom. The summed E-state index contributed by atoms with van der Waals surface area (Å²) in [6.45, 7) is 7.25. The summed E-state index contributed by atoms with van der Waals surface area (Å²) in [6.07, 6.45) is 5.82. The molecule has 2 N–H and O–H groups in total. The lowest BCUT2D eigenvalue weighted by molar-refractivity contribution is -0.127. The molecule has 0 spiro atoms. The van der Waals surface area contributed by atoms with Gasteiger partial charge in [-0.1, -0.05) is 18.2 Å². The number of benzene rings is 1. The Kier molecular flexibility index (Phi) is 7.13. The van der Waals surface area contributed by atoms with Gasteiger partial charge in [-0.2, -0.15) is 0 Å². The van der Waals surface area contributed by atoms with Gasteiger partial charge in [-0.15, -0.1) is 0 Å². The van der Waals surface area contributed by atoms with Crippen molar-refractivity contribution >= 4 is 22.8 Å². The van der Waals surface area contributed by atoms with Crippen LogP contribution in [0.2, 0.25) is 0 Å². The van der Waals surface area contributed by atoms with E-state index < -0.39 is 0 Å². The van der Waals surface area contributed by atoms with Gasteiger partial charge in [0.1, 0.15) is 0 Å². The summed E-state index contributed by atoms with van der Waals surface area (Å²) in [5.41, 5.74) is 1.29. The third-order valence-electron chi connectivity index (χ3n) is 4.92. The highest BCUT2D eigenvalue weighted by Crippen LogP contribution is 2.15. The molecule has 6 nitrogen and oxygen atoms in total. The van der Waals surface area contributed by atoms with Crippen LogP contribution < -0.4 is 10.6 Å². The summed E-state index contributed by atoms with van der Waals surface area (Å²) in [4.78, 5) is 18.2. The Bertz CT molecular complexity index is 767. The summed E-state index contributed by atoms with van der Waals surface area (Å²) in [6, 6.07) is 10.6. The van der Waals surface area contributed by atoms with E-state index in [1.165, 1.54) is 10.9 Å². The molecule has 1 fully saturated rings. The number of guanidine groups is 1. The lowest BCUT2D eigenvalue weighted by Gasteiger charge is -2.15. The van der Waals surface area contributed by atoms with E-state index in [1.807, 2.05) is 4.90 Å². The number of amides is 1. The second-order valence-electron chi connectivity index (χ2n) is 6.95. The zero-order chi connectivity index (χ0) is 18.9. The van der Waals surface area contributed by atoms with Gasteiger partial charge in [0.25, 0.3) is 0 Å². The standard InChI is InChI=1S/C21H31N5O/c1-2-22-21(24-13-7-16-26-14-5-10-20(26)27)23-12-6-15-25-17-11-18-8-3-4-9-19(18)25/h3-4,8-9,11,17H,2,5-7,10,12-16H2,1H3,(H2,22,23,24). The fraction of sp³-hybridized carbons (Fsp3) is 0.524. The molecular weight excluding hydrogens is 338 g/mol. The molecule has 27 heavy (non-hydrogen) atoms. The van der Waals surface area contributed by atoms with Crippen molar-refractivity contribution in [3.63, 3.8) is 0 Å². The number of nitrogens with zero attached hydrogens (tertiary/aromatic N) is 3. The maximum atomic E-state index is 11.6. The predicted octanol–water partition coefficient (Wildman–Crippen LogP) is 2.60. The minimum Gasteiger partial charge on any atom is -0.357 e. The Balaban J connectivity index is 1.39. The number of fused-ring (bicyclic) bond motifs is 1. The summed E-state index contributed by atoms with van der Waals surface area (Å²) < 4.78 is 2.30. The fourth-order valence-electron chi connectivity index (χ4n) is 3.53. The lowest BCUT2D eigenvalue weighted by Crippen LogP contribution is -2.38. The monoisotopic (exact) mass is 369 g/mol. The molecule has 3 rings (SSSR count). The van der Waals surface area contributed by atoms with Gasteiger partial charge in [0.2, 0.25) is 5.91 Å². The van der Waals surface area contributed by atoms with Gasteiger partial charge in [-0.25, -0.2) is 0 Å². The smallest absolute Gasteiger partial charge is 0.222 e. The zero-order valence-corrected chi connectivity index (χ0v) is 16.3. The molecule has 1 aromatic heterocycles. The summed E-state index contributed by atoms with van der Waals surface area (Å²) in [7, 11) is 0. The average Bonchev–Trinajstić information content (AvgIpc) is 3.28. The number of carbonyl (C=O) groups is 1. The van der Waals surface area contributed by atoms with Gasteiger partial charge in [0.05, 0.1) is 0 Å². The number of carbonyl (C=O) groups excluding carboxylic acids is 1. The molecule has 0 unspecified atom stereocenters. The SMILES string of the molecule is CCNC(=NCCCN1CCCC1=O)NCCCn1ccc2ccccc21. The second kappa shape index (κ2) is 10.00. The van der Waals surface area contributed by atoms with Crippen LogP contribution >= 0.6 is 0 Å². The highest BCUT2D eigenvalue weighted by Gasteiger charge is 2.18. The van der Waals surface area contributed by atoms with E-state index in [9.17, 15) is 4.79 Å². The number of likely N-dealkylation sites (tertiary alicyclic amines) is 1. The maximum Gasteiger partial charge on any atom is 0.222 e. The second-order valence-corrected chi connectivity index (χ2v) is 6.95. The summed E-state index contributed by atoms with van der Waals surface area (Å²) in [5, 5.41) is 8.00. The first-order valence-corrected chi connectivity index (χ1v) is 10.1. The first-order valence-electron chi connectivity index (χ1n) is 10.1. The highest BCUT2D eigenvalue weighted by molar-refractivity contribution is 5.80. The Morgan fingerprint density at radius 1 is 1.15 bits per heavy atom. The van der Waals surface area contributed by atoms with E-state index in [1.54, 1.807) is 0 Å². The molecule has 2 aromatic rings. The minimum atomic E-state index is 0.293. The lowest BCUT2D eigenvalue weighted by atomic mass is 10.2. The topological polar surface area (TPSA) is 61.7 Å². The van der Waals surface area contributed by atoms with Crippen LogP contribution in [0.25, 0.3) is 10.9 Å². The van der Waals surface area contributed by atoms with Crippen LogP contribution in [0.3, 0.4) is 0 Å². The van der Waals surface area contributed by atoms with Crippen molar-refractivity contribution in [2.75, 3.05) is 32.7 Å². The van der Waals surface area contributed by atoms with E-state index in [2.05, 4.69) is 63.6 Å². The number of rotatable bonds is 9. The van der Waals surface area contributed by atoms with Crippen molar-refractivity contribution in [1.29, 1.82) is 0 Å². The van der Waals surface area contributed by atoms with E-state index in [4.69, 9.17) is 0 Å². The average molecular weight is 370 g/mol.